The normalized spacial score (nSPS) is 19.4. The van der Waals surface area contributed by atoms with Gasteiger partial charge in [-0.05, 0) is 113 Å². The summed E-state index contributed by atoms with van der Waals surface area (Å²) in [6, 6.07) is 19.5. The van der Waals surface area contributed by atoms with Gasteiger partial charge in [-0.1, -0.05) is 78.8 Å². The molecule has 14 heteroatoms. The molecule has 3 fully saturated rings. The van der Waals surface area contributed by atoms with Crippen LogP contribution in [0, 0.1) is 39.5 Å². The molecule has 0 saturated heterocycles. The highest BCUT2D eigenvalue weighted by Gasteiger charge is 2.51. The summed E-state index contributed by atoms with van der Waals surface area (Å²) in [7, 11) is -4.26. The highest BCUT2D eigenvalue weighted by molar-refractivity contribution is 7.61. The Morgan fingerprint density at radius 2 is 1.22 bits per heavy atom. The van der Waals surface area contributed by atoms with E-state index in [2.05, 4.69) is 44.0 Å². The zero-order valence-corrected chi connectivity index (χ0v) is 40.0. The number of benzene rings is 2. The van der Waals surface area contributed by atoms with E-state index >= 15 is 0 Å². The molecule has 0 radical (unpaired) electrons. The number of aromatic nitrogens is 6. The predicted octanol–water partition coefficient (Wildman–Crippen LogP) is 12.0. The van der Waals surface area contributed by atoms with Crippen LogP contribution in [0.15, 0.2) is 94.5 Å². The number of carboxylic acid groups (broad SMARTS) is 1. The van der Waals surface area contributed by atoms with Crippen molar-refractivity contribution in [3.05, 3.63) is 114 Å². The second-order valence-electron chi connectivity index (χ2n) is 19.7. The first-order chi connectivity index (χ1) is 32.9. The fourth-order valence-corrected chi connectivity index (χ4v) is 12.6. The lowest BCUT2D eigenvalue weighted by Gasteiger charge is -2.33. The Morgan fingerprint density at radius 1 is 0.706 bits per heavy atom. The van der Waals surface area contributed by atoms with Gasteiger partial charge < -0.3 is 32.7 Å². The van der Waals surface area contributed by atoms with E-state index in [0.717, 1.165) is 115 Å². The first kappa shape index (κ1) is 44.4. The van der Waals surface area contributed by atoms with E-state index in [0.29, 0.717) is 37.5 Å². The summed E-state index contributed by atoms with van der Waals surface area (Å²) in [5.74, 6) is 1.23. The lowest BCUT2D eigenvalue weighted by molar-refractivity contribution is -0.140. The van der Waals surface area contributed by atoms with Gasteiger partial charge in [0.25, 0.3) is 0 Å². The molecule has 0 bridgehead atoms. The van der Waals surface area contributed by atoms with E-state index in [1.807, 2.05) is 76.5 Å². The minimum Gasteiger partial charge on any atom is -0.481 e. The third-order valence-corrected chi connectivity index (χ3v) is 16.7. The second kappa shape index (κ2) is 17.4. The number of hydrogen-bond donors (Lipinski definition) is 2. The summed E-state index contributed by atoms with van der Waals surface area (Å²) in [4.78, 5) is 33.9. The van der Waals surface area contributed by atoms with Crippen LogP contribution >= 0.6 is 7.60 Å². The van der Waals surface area contributed by atoms with E-state index in [1.54, 1.807) is 12.1 Å². The topological polar surface area (TPSA) is 172 Å². The lowest BCUT2D eigenvalue weighted by atomic mass is 9.86. The molecule has 0 amide bonds. The summed E-state index contributed by atoms with van der Waals surface area (Å²) >= 11 is 0. The van der Waals surface area contributed by atoms with Crippen LogP contribution in [0.1, 0.15) is 99.1 Å². The average Bonchev–Trinajstić information content (AvgIpc) is 3.65. The van der Waals surface area contributed by atoms with E-state index in [1.165, 1.54) is 32.1 Å². The third-order valence-electron chi connectivity index (χ3n) is 15.2. The van der Waals surface area contributed by atoms with E-state index in [9.17, 15) is 19.4 Å². The highest BCUT2D eigenvalue weighted by Crippen LogP contribution is 2.50. The van der Waals surface area contributed by atoms with Crippen LogP contribution in [0.4, 0.5) is 0 Å². The molecule has 0 aliphatic heterocycles. The maximum absolute atomic E-state index is 14.4. The molecule has 3 atom stereocenters. The van der Waals surface area contributed by atoms with Gasteiger partial charge in [-0.2, -0.15) is 0 Å². The van der Waals surface area contributed by atoms with Crippen molar-refractivity contribution in [1.29, 1.82) is 0 Å². The SMILES string of the molecule is Cc1noc(C)c1-c1cnc2c(-c3ccc(P(=O)(O)OC4CCCCC4Cn4cc(-c5ccc(C6(C(=O)O)CC6)cc5)c5ncc(-c6c(C)noc6C)cc54)cc3)cn(CC3CCCCC3)c2c1. The molecule has 2 aromatic carbocycles. The first-order valence-electron chi connectivity index (χ1n) is 24.2. The number of aryl methyl sites for hydroxylation is 4. The van der Waals surface area contributed by atoms with Crippen molar-refractivity contribution in [3.63, 3.8) is 0 Å². The number of carboxylic acids is 1. The second-order valence-corrected chi connectivity index (χ2v) is 21.5. The third kappa shape index (κ3) is 8.01. The number of nitrogens with zero attached hydrogens (tertiary/aromatic N) is 6. The molecule has 2 N–H and O–H groups in total. The van der Waals surface area contributed by atoms with Gasteiger partial charge in [0.15, 0.2) is 0 Å². The fourth-order valence-electron chi connectivity index (χ4n) is 11.3. The number of rotatable bonds is 13. The molecule has 6 aromatic heterocycles. The molecule has 13 nitrogen and oxygen atoms in total. The Hall–Kier alpha value is -6.14. The van der Waals surface area contributed by atoms with Crippen LogP contribution in [0.5, 0.6) is 0 Å². The largest absolute Gasteiger partial charge is 0.481 e. The summed E-state index contributed by atoms with van der Waals surface area (Å²) in [6.45, 7) is 9.15. The molecular weight excluding hydrogens is 876 g/mol. The Labute approximate surface area is 395 Å². The minimum absolute atomic E-state index is 0.0565. The van der Waals surface area contributed by atoms with Gasteiger partial charge in [0.1, 0.15) is 11.5 Å². The van der Waals surface area contributed by atoms with Crippen LogP contribution in [-0.2, 0) is 32.4 Å². The van der Waals surface area contributed by atoms with Gasteiger partial charge in [0, 0.05) is 77.2 Å². The van der Waals surface area contributed by atoms with Gasteiger partial charge in [0.2, 0.25) is 0 Å². The highest BCUT2D eigenvalue weighted by atomic mass is 31.2. The van der Waals surface area contributed by atoms with Gasteiger partial charge in [-0.15, -0.1) is 0 Å². The number of aliphatic carboxylic acids is 1. The predicted molar refractivity (Wildman–Crippen MR) is 262 cm³/mol. The molecular formula is C54H57N6O7P. The van der Waals surface area contributed by atoms with Crippen molar-refractivity contribution >= 4 is 40.9 Å². The number of fused-ring (bicyclic) bond motifs is 2. The zero-order chi connectivity index (χ0) is 46.9. The smallest absolute Gasteiger partial charge is 0.359 e. The fraction of sp³-hybridized carbons (Fsp3) is 0.389. The minimum atomic E-state index is -4.26. The maximum atomic E-state index is 14.4. The van der Waals surface area contributed by atoms with Gasteiger partial charge in [-0.25, -0.2) is 0 Å². The lowest BCUT2D eigenvalue weighted by Crippen LogP contribution is -2.31. The summed E-state index contributed by atoms with van der Waals surface area (Å²) in [5, 5.41) is 18.6. The van der Waals surface area contributed by atoms with Crippen LogP contribution in [-0.4, -0.2) is 51.5 Å². The molecule has 6 heterocycles. The quantitative estimate of drug-likeness (QED) is 0.105. The van der Waals surface area contributed by atoms with Crippen LogP contribution < -0.4 is 5.30 Å². The van der Waals surface area contributed by atoms with Gasteiger partial charge in [-0.3, -0.25) is 19.3 Å². The van der Waals surface area contributed by atoms with Crippen molar-refractivity contribution in [2.45, 2.75) is 123 Å². The molecule has 3 saturated carbocycles. The average molecular weight is 933 g/mol. The van der Waals surface area contributed by atoms with Crippen LogP contribution in [0.2, 0.25) is 0 Å². The Bertz CT molecular complexity index is 3200. The van der Waals surface area contributed by atoms with E-state index < -0.39 is 25.1 Å². The molecule has 68 heavy (non-hydrogen) atoms. The summed E-state index contributed by atoms with van der Waals surface area (Å²) in [6.07, 6.45) is 18.5. The molecule has 350 valence electrons. The van der Waals surface area contributed by atoms with E-state index in [4.69, 9.17) is 23.5 Å². The molecule has 0 spiro atoms. The molecule has 3 aliphatic carbocycles. The van der Waals surface area contributed by atoms with Gasteiger partial charge >= 0.3 is 13.6 Å². The van der Waals surface area contributed by atoms with Crippen molar-refractivity contribution in [3.8, 4) is 44.5 Å². The molecule has 3 unspecified atom stereocenters. The Balaban J connectivity index is 0.880. The van der Waals surface area contributed by atoms with Crippen molar-refractivity contribution in [2.75, 3.05) is 0 Å². The van der Waals surface area contributed by atoms with Crippen molar-refractivity contribution < 1.29 is 32.9 Å². The van der Waals surface area contributed by atoms with Crippen LogP contribution in [0.3, 0.4) is 0 Å². The standard InChI is InChI=1S/C54H57N6O7P/c1-32-49(34(3)65-57-32)40-24-46-51(55-26-40)44(30-59(46)28-36-10-6-5-7-11-36)38-16-20-43(21-17-38)68(63,64)67-48-13-9-8-12-39(48)29-60-31-45(37-14-18-42(19-15-37)54(22-23-54)53(61)62)52-47(60)25-41(27-56-52)50-33(2)58-66-35(50)4/h14-21,24-27,30-31,36,39,48H,5-13,22-23,28-29H2,1-4H3,(H,61,62)(H,63,64). The molecule has 8 aromatic rings. The summed E-state index contributed by atoms with van der Waals surface area (Å²) in [5.41, 5.74) is 12.7. The molecule has 11 rings (SSSR count). The Morgan fingerprint density at radius 3 is 1.74 bits per heavy atom. The summed E-state index contributed by atoms with van der Waals surface area (Å²) < 4.78 is 36.4. The van der Waals surface area contributed by atoms with Crippen molar-refractivity contribution in [2.24, 2.45) is 11.8 Å². The van der Waals surface area contributed by atoms with Crippen LogP contribution in [0.25, 0.3) is 66.6 Å². The maximum Gasteiger partial charge on any atom is 0.359 e. The number of carbonyl (C=O) groups is 1. The Kier molecular flexibility index (Phi) is 11.4. The van der Waals surface area contributed by atoms with E-state index in [-0.39, 0.29) is 11.2 Å². The van der Waals surface area contributed by atoms with Gasteiger partial charge in [0.05, 0.1) is 50.3 Å². The first-order valence-corrected chi connectivity index (χ1v) is 25.8. The number of pyridine rings is 2. The molecule has 3 aliphatic rings. The van der Waals surface area contributed by atoms with Crippen molar-refractivity contribution in [1.82, 2.24) is 29.4 Å². The zero-order valence-electron chi connectivity index (χ0n) is 39.1. The monoisotopic (exact) mass is 932 g/mol. The number of hydrogen-bond acceptors (Lipinski definition) is 9.